The molecule has 0 heterocycles. The van der Waals surface area contributed by atoms with E-state index in [1.54, 1.807) is 6.07 Å². The van der Waals surface area contributed by atoms with Gasteiger partial charge in [-0.15, -0.1) is 0 Å². The Morgan fingerprint density at radius 1 is 1.36 bits per heavy atom. The van der Waals surface area contributed by atoms with Crippen molar-refractivity contribution in [3.63, 3.8) is 0 Å². The Kier molecular flexibility index (Phi) is 3.51. The van der Waals surface area contributed by atoms with Crippen molar-refractivity contribution in [2.75, 3.05) is 0 Å². The summed E-state index contributed by atoms with van der Waals surface area (Å²) in [5.41, 5.74) is 0.618. The minimum absolute atomic E-state index is 0.107. The van der Waals surface area contributed by atoms with Crippen LogP contribution in [-0.2, 0) is 6.61 Å². The molecule has 0 aromatic heterocycles. The van der Waals surface area contributed by atoms with Crippen LogP contribution in [0.2, 0.25) is 0 Å². The molecule has 0 atom stereocenters. The van der Waals surface area contributed by atoms with Gasteiger partial charge in [-0.2, -0.15) is 0 Å². The largest absolute Gasteiger partial charge is 0.392 e. The maximum Gasteiger partial charge on any atom is 0.137 e. The lowest BCUT2D eigenvalue weighted by atomic mass is 10.2. The molecular formula is C7H5FI2O. The van der Waals surface area contributed by atoms with Crippen LogP contribution in [0.5, 0.6) is 0 Å². The highest BCUT2D eigenvalue weighted by molar-refractivity contribution is 14.1. The monoisotopic (exact) mass is 378 g/mol. The highest BCUT2D eigenvalue weighted by atomic mass is 127. The smallest absolute Gasteiger partial charge is 0.137 e. The molecule has 0 fully saturated rings. The third-order valence-corrected chi connectivity index (χ3v) is 4.21. The highest BCUT2D eigenvalue weighted by Crippen LogP contribution is 2.20. The van der Waals surface area contributed by atoms with E-state index in [0.717, 1.165) is 3.57 Å². The van der Waals surface area contributed by atoms with Crippen LogP contribution < -0.4 is 0 Å². The normalized spacial score (nSPS) is 10.2. The lowest BCUT2D eigenvalue weighted by molar-refractivity contribution is 0.281. The van der Waals surface area contributed by atoms with E-state index in [-0.39, 0.29) is 12.4 Å². The number of rotatable bonds is 1. The van der Waals surface area contributed by atoms with Crippen LogP contribution in [0.4, 0.5) is 4.39 Å². The molecule has 0 amide bonds. The molecule has 1 aromatic rings. The van der Waals surface area contributed by atoms with Crippen molar-refractivity contribution in [1.82, 2.24) is 0 Å². The van der Waals surface area contributed by atoms with E-state index in [1.807, 2.05) is 45.2 Å². The van der Waals surface area contributed by atoms with E-state index in [0.29, 0.717) is 9.13 Å². The van der Waals surface area contributed by atoms with Crippen LogP contribution in [-0.4, -0.2) is 5.11 Å². The number of halogens is 3. The summed E-state index contributed by atoms with van der Waals surface area (Å²) >= 11 is 3.98. The van der Waals surface area contributed by atoms with Gasteiger partial charge in [-0.05, 0) is 62.9 Å². The standard InChI is InChI=1S/C7H5FI2O/c8-5-1-4(3-11)2-6(9)7(5)10/h1-2,11H,3H2. The van der Waals surface area contributed by atoms with Crippen molar-refractivity contribution < 1.29 is 9.50 Å². The zero-order chi connectivity index (χ0) is 8.43. The Bertz CT molecular complexity index is 252. The Hall–Kier alpha value is 0.570. The molecule has 0 spiro atoms. The number of hydrogen-bond acceptors (Lipinski definition) is 1. The Balaban J connectivity index is 3.21. The lowest BCUT2D eigenvalue weighted by Crippen LogP contribution is -1.91. The molecular weight excluding hydrogens is 373 g/mol. The molecule has 0 aliphatic rings. The molecule has 1 aromatic carbocycles. The van der Waals surface area contributed by atoms with Gasteiger partial charge in [0.15, 0.2) is 0 Å². The fourth-order valence-electron chi connectivity index (χ4n) is 0.699. The zero-order valence-electron chi connectivity index (χ0n) is 5.44. The van der Waals surface area contributed by atoms with E-state index >= 15 is 0 Å². The Morgan fingerprint density at radius 3 is 2.45 bits per heavy atom. The van der Waals surface area contributed by atoms with E-state index in [9.17, 15) is 4.39 Å². The molecule has 0 bridgehead atoms. The predicted octanol–water partition coefficient (Wildman–Crippen LogP) is 2.53. The second kappa shape index (κ2) is 3.99. The van der Waals surface area contributed by atoms with Gasteiger partial charge >= 0.3 is 0 Å². The average Bonchev–Trinajstić information content (AvgIpc) is 1.99. The average molecular weight is 378 g/mol. The summed E-state index contributed by atoms with van der Waals surface area (Å²) in [4.78, 5) is 0. The second-order valence-electron chi connectivity index (χ2n) is 2.03. The molecule has 0 unspecified atom stereocenters. The van der Waals surface area contributed by atoms with E-state index in [4.69, 9.17) is 5.11 Å². The van der Waals surface area contributed by atoms with Crippen LogP contribution >= 0.6 is 45.2 Å². The Morgan fingerprint density at radius 2 is 2.00 bits per heavy atom. The molecule has 60 valence electrons. The number of hydrogen-bond donors (Lipinski definition) is 1. The lowest BCUT2D eigenvalue weighted by Gasteiger charge is -2.00. The SMILES string of the molecule is OCc1cc(F)c(I)c(I)c1. The fourth-order valence-corrected chi connectivity index (χ4v) is 1.67. The summed E-state index contributed by atoms with van der Waals surface area (Å²) in [6, 6.07) is 3.12. The van der Waals surface area contributed by atoms with Crippen LogP contribution in [0, 0.1) is 13.0 Å². The van der Waals surface area contributed by atoms with Crippen molar-refractivity contribution >= 4 is 45.2 Å². The first-order valence-corrected chi connectivity index (χ1v) is 5.05. The highest BCUT2D eigenvalue weighted by Gasteiger charge is 2.04. The van der Waals surface area contributed by atoms with Crippen molar-refractivity contribution in [3.05, 3.63) is 30.7 Å². The first kappa shape index (κ1) is 9.66. The van der Waals surface area contributed by atoms with Gasteiger partial charge in [-0.1, -0.05) is 0 Å². The minimum atomic E-state index is -0.262. The van der Waals surface area contributed by atoms with E-state index in [2.05, 4.69) is 0 Å². The summed E-state index contributed by atoms with van der Waals surface area (Å²) in [5.74, 6) is -0.262. The summed E-state index contributed by atoms with van der Waals surface area (Å²) < 4.78 is 14.4. The predicted molar refractivity (Wildman–Crippen MR) is 57.8 cm³/mol. The number of aliphatic hydroxyl groups excluding tert-OH is 1. The van der Waals surface area contributed by atoms with Crippen molar-refractivity contribution in [2.24, 2.45) is 0 Å². The summed E-state index contributed by atoms with van der Waals surface area (Å²) in [5, 5.41) is 8.70. The van der Waals surface area contributed by atoms with Crippen LogP contribution in [0.3, 0.4) is 0 Å². The van der Waals surface area contributed by atoms with Crippen LogP contribution in [0.15, 0.2) is 12.1 Å². The quantitative estimate of drug-likeness (QED) is 0.589. The minimum Gasteiger partial charge on any atom is -0.392 e. The molecule has 0 aliphatic carbocycles. The molecule has 0 aliphatic heterocycles. The first-order valence-electron chi connectivity index (χ1n) is 2.89. The number of benzene rings is 1. The van der Waals surface area contributed by atoms with Crippen molar-refractivity contribution in [3.8, 4) is 0 Å². The van der Waals surface area contributed by atoms with Gasteiger partial charge in [0.05, 0.1) is 10.2 Å². The third kappa shape index (κ3) is 2.25. The van der Waals surface area contributed by atoms with E-state index < -0.39 is 0 Å². The van der Waals surface area contributed by atoms with Gasteiger partial charge in [0.25, 0.3) is 0 Å². The van der Waals surface area contributed by atoms with E-state index in [1.165, 1.54) is 6.07 Å². The van der Waals surface area contributed by atoms with Crippen LogP contribution in [0.25, 0.3) is 0 Å². The topological polar surface area (TPSA) is 20.2 Å². The summed E-state index contributed by atoms with van der Waals surface area (Å²) in [6.07, 6.45) is 0. The van der Waals surface area contributed by atoms with Crippen molar-refractivity contribution in [2.45, 2.75) is 6.61 Å². The molecule has 11 heavy (non-hydrogen) atoms. The molecule has 1 N–H and O–H groups in total. The van der Waals surface area contributed by atoms with Crippen molar-refractivity contribution in [1.29, 1.82) is 0 Å². The van der Waals surface area contributed by atoms with Crippen LogP contribution in [0.1, 0.15) is 5.56 Å². The van der Waals surface area contributed by atoms with Gasteiger partial charge in [0.2, 0.25) is 0 Å². The summed E-state index contributed by atoms with van der Waals surface area (Å²) in [7, 11) is 0. The van der Waals surface area contributed by atoms with Gasteiger partial charge in [-0.3, -0.25) is 0 Å². The molecule has 4 heteroatoms. The first-order chi connectivity index (χ1) is 5.15. The third-order valence-electron chi connectivity index (χ3n) is 1.23. The van der Waals surface area contributed by atoms with Gasteiger partial charge in [-0.25, -0.2) is 4.39 Å². The Labute approximate surface area is 91.3 Å². The maximum atomic E-state index is 12.9. The second-order valence-corrected chi connectivity index (χ2v) is 4.27. The molecule has 0 radical (unpaired) electrons. The van der Waals surface area contributed by atoms with Gasteiger partial charge in [0.1, 0.15) is 5.82 Å². The maximum absolute atomic E-state index is 12.9. The summed E-state index contributed by atoms with van der Waals surface area (Å²) in [6.45, 7) is -0.107. The molecule has 1 nitrogen and oxygen atoms in total. The number of aliphatic hydroxyl groups is 1. The molecule has 1 rings (SSSR count). The fraction of sp³-hybridized carbons (Fsp3) is 0.143. The van der Waals surface area contributed by atoms with Gasteiger partial charge < -0.3 is 5.11 Å². The molecule has 0 saturated heterocycles. The zero-order valence-corrected chi connectivity index (χ0v) is 9.76. The van der Waals surface area contributed by atoms with Gasteiger partial charge in [0, 0.05) is 3.57 Å². The molecule has 0 saturated carbocycles.